The fourth-order valence-corrected chi connectivity index (χ4v) is 3.29. The molecule has 0 spiro atoms. The molecule has 2 rings (SSSR count). The van der Waals surface area contributed by atoms with Crippen LogP contribution in [0.2, 0.25) is 0 Å². The van der Waals surface area contributed by atoms with Crippen LogP contribution >= 0.6 is 0 Å². The van der Waals surface area contributed by atoms with Gasteiger partial charge in [0.15, 0.2) is 0 Å². The third-order valence-corrected chi connectivity index (χ3v) is 4.97. The average Bonchev–Trinajstić information content (AvgIpc) is 3.18. The van der Waals surface area contributed by atoms with Crippen LogP contribution in [0.25, 0.3) is 0 Å². The van der Waals surface area contributed by atoms with Crippen molar-refractivity contribution in [2.75, 3.05) is 6.54 Å². The van der Waals surface area contributed by atoms with Gasteiger partial charge in [-0.25, -0.2) is 4.79 Å². The molecule has 1 aliphatic rings. The minimum Gasteiger partial charge on any atom is -0.508 e. The molecule has 0 aliphatic carbocycles. The van der Waals surface area contributed by atoms with E-state index in [1.54, 1.807) is 12.1 Å². The summed E-state index contributed by atoms with van der Waals surface area (Å²) in [6.45, 7) is 3.27. The summed E-state index contributed by atoms with van der Waals surface area (Å²) < 4.78 is 0. The number of carbonyl (C=O) groups is 4. The summed E-state index contributed by atoms with van der Waals surface area (Å²) in [4.78, 5) is 50.1. The lowest BCUT2D eigenvalue weighted by Crippen LogP contribution is -2.56. The summed E-state index contributed by atoms with van der Waals surface area (Å²) in [6.07, 6.45) is 1.07. The molecule has 30 heavy (non-hydrogen) atoms. The zero-order valence-electron chi connectivity index (χ0n) is 17.0. The predicted octanol–water partition coefficient (Wildman–Crippen LogP) is -0.653. The summed E-state index contributed by atoms with van der Waals surface area (Å²) in [7, 11) is 0. The van der Waals surface area contributed by atoms with Crippen LogP contribution in [-0.2, 0) is 25.6 Å². The number of nitrogens with one attached hydrogen (secondary N) is 2. The fraction of sp³-hybridized carbons (Fsp3) is 0.500. The Morgan fingerprint density at radius 2 is 1.77 bits per heavy atom. The van der Waals surface area contributed by atoms with Gasteiger partial charge < -0.3 is 31.5 Å². The van der Waals surface area contributed by atoms with Gasteiger partial charge in [-0.15, -0.1) is 0 Å². The van der Waals surface area contributed by atoms with Crippen LogP contribution in [0.4, 0.5) is 0 Å². The highest BCUT2D eigenvalue weighted by Gasteiger charge is 2.36. The number of carboxylic acid groups (broad SMARTS) is 1. The number of amides is 3. The maximum Gasteiger partial charge on any atom is 0.326 e. The summed E-state index contributed by atoms with van der Waals surface area (Å²) in [5, 5.41) is 23.8. The molecule has 4 unspecified atom stereocenters. The Kier molecular flexibility index (Phi) is 7.76. The number of carboxylic acids is 1. The number of aromatic hydroxyl groups is 1. The normalized spacial score (nSPS) is 18.9. The van der Waals surface area contributed by atoms with Gasteiger partial charge in [0.2, 0.25) is 17.7 Å². The van der Waals surface area contributed by atoms with Gasteiger partial charge in [-0.05, 0) is 44.4 Å². The number of phenolic OH excluding ortho intramolecular Hbond substituents is 1. The zero-order chi connectivity index (χ0) is 22.4. The van der Waals surface area contributed by atoms with Gasteiger partial charge in [0.25, 0.3) is 0 Å². The van der Waals surface area contributed by atoms with Crippen molar-refractivity contribution in [3.63, 3.8) is 0 Å². The van der Waals surface area contributed by atoms with Crippen LogP contribution < -0.4 is 16.4 Å². The second-order valence-corrected chi connectivity index (χ2v) is 7.48. The van der Waals surface area contributed by atoms with E-state index >= 15 is 0 Å². The standard InChI is InChI=1S/C20H28N4O6/c1-11(21)17(26)23-15(10-13-5-7-14(25)8-6-13)18(27)22-12(2)19(28)24-9-3-4-16(24)20(29)30/h5-8,11-12,15-16,25H,3-4,9-10,21H2,1-2H3,(H,22,27)(H,23,26)(H,29,30). The van der Waals surface area contributed by atoms with Crippen molar-refractivity contribution < 1.29 is 29.4 Å². The molecule has 6 N–H and O–H groups in total. The highest BCUT2D eigenvalue weighted by Crippen LogP contribution is 2.18. The Morgan fingerprint density at radius 1 is 1.13 bits per heavy atom. The Balaban J connectivity index is 2.09. The van der Waals surface area contributed by atoms with Crippen molar-refractivity contribution in [2.24, 2.45) is 5.73 Å². The monoisotopic (exact) mass is 420 g/mol. The summed E-state index contributed by atoms with van der Waals surface area (Å²) in [6, 6.07) is 2.45. The predicted molar refractivity (Wildman–Crippen MR) is 107 cm³/mol. The highest BCUT2D eigenvalue weighted by molar-refractivity contribution is 5.94. The van der Waals surface area contributed by atoms with Gasteiger partial charge in [0, 0.05) is 13.0 Å². The molecule has 1 aromatic rings. The molecule has 0 saturated carbocycles. The highest BCUT2D eigenvalue weighted by atomic mass is 16.4. The van der Waals surface area contributed by atoms with E-state index in [1.165, 1.54) is 30.9 Å². The number of phenols is 1. The van der Waals surface area contributed by atoms with E-state index in [0.29, 0.717) is 24.9 Å². The van der Waals surface area contributed by atoms with Crippen LogP contribution in [0.5, 0.6) is 5.75 Å². The lowest BCUT2D eigenvalue weighted by molar-refractivity contribution is -0.149. The molecule has 1 heterocycles. The maximum absolute atomic E-state index is 12.8. The quantitative estimate of drug-likeness (QED) is 0.373. The number of aliphatic carboxylic acids is 1. The molecule has 10 nitrogen and oxygen atoms in total. The molecule has 1 aliphatic heterocycles. The van der Waals surface area contributed by atoms with Gasteiger partial charge in [0.05, 0.1) is 6.04 Å². The Morgan fingerprint density at radius 3 is 2.33 bits per heavy atom. The largest absolute Gasteiger partial charge is 0.508 e. The number of benzene rings is 1. The van der Waals surface area contributed by atoms with E-state index in [2.05, 4.69) is 10.6 Å². The van der Waals surface area contributed by atoms with Gasteiger partial charge in [-0.1, -0.05) is 12.1 Å². The third-order valence-electron chi connectivity index (χ3n) is 4.97. The van der Waals surface area contributed by atoms with E-state index in [0.717, 1.165) is 0 Å². The van der Waals surface area contributed by atoms with Gasteiger partial charge in [0.1, 0.15) is 23.9 Å². The molecule has 1 saturated heterocycles. The first-order valence-electron chi connectivity index (χ1n) is 9.77. The molecule has 0 radical (unpaired) electrons. The molecule has 0 bridgehead atoms. The van der Waals surface area contributed by atoms with Gasteiger partial charge in [-0.3, -0.25) is 14.4 Å². The van der Waals surface area contributed by atoms with E-state index in [-0.39, 0.29) is 12.2 Å². The number of likely N-dealkylation sites (tertiary alicyclic amines) is 1. The first kappa shape index (κ1) is 23.1. The minimum absolute atomic E-state index is 0.0668. The Labute approximate surface area is 174 Å². The maximum atomic E-state index is 12.8. The van der Waals surface area contributed by atoms with Crippen molar-refractivity contribution in [2.45, 2.75) is 57.3 Å². The molecule has 3 amide bonds. The second kappa shape index (κ2) is 10.1. The minimum atomic E-state index is -1.08. The van der Waals surface area contributed by atoms with E-state index < -0.39 is 47.9 Å². The number of rotatable bonds is 8. The summed E-state index contributed by atoms with van der Waals surface area (Å²) >= 11 is 0. The fourth-order valence-electron chi connectivity index (χ4n) is 3.29. The van der Waals surface area contributed by atoms with Crippen molar-refractivity contribution in [1.82, 2.24) is 15.5 Å². The van der Waals surface area contributed by atoms with Gasteiger partial charge in [-0.2, -0.15) is 0 Å². The first-order chi connectivity index (χ1) is 14.1. The van der Waals surface area contributed by atoms with Crippen LogP contribution in [0.1, 0.15) is 32.3 Å². The van der Waals surface area contributed by atoms with E-state index in [9.17, 15) is 29.4 Å². The Bertz CT molecular complexity index is 795. The Hall–Kier alpha value is -3.14. The molecule has 4 atom stereocenters. The van der Waals surface area contributed by atoms with Crippen molar-refractivity contribution in [1.29, 1.82) is 0 Å². The van der Waals surface area contributed by atoms with Crippen LogP contribution in [0, 0.1) is 0 Å². The van der Waals surface area contributed by atoms with Crippen LogP contribution in [0.3, 0.4) is 0 Å². The second-order valence-electron chi connectivity index (χ2n) is 7.48. The smallest absolute Gasteiger partial charge is 0.326 e. The molecule has 10 heteroatoms. The van der Waals surface area contributed by atoms with E-state index in [4.69, 9.17) is 5.73 Å². The van der Waals surface area contributed by atoms with Crippen molar-refractivity contribution in [3.05, 3.63) is 29.8 Å². The van der Waals surface area contributed by atoms with Crippen molar-refractivity contribution in [3.8, 4) is 5.75 Å². The number of nitrogens with zero attached hydrogens (tertiary/aromatic N) is 1. The summed E-state index contributed by atoms with van der Waals surface area (Å²) in [5.74, 6) is -2.62. The first-order valence-corrected chi connectivity index (χ1v) is 9.77. The zero-order valence-corrected chi connectivity index (χ0v) is 17.0. The van der Waals surface area contributed by atoms with E-state index in [1.807, 2.05) is 0 Å². The van der Waals surface area contributed by atoms with Crippen LogP contribution in [0.15, 0.2) is 24.3 Å². The number of hydrogen-bond acceptors (Lipinski definition) is 6. The lowest BCUT2D eigenvalue weighted by atomic mass is 10.0. The molecule has 0 aromatic heterocycles. The van der Waals surface area contributed by atoms with Crippen molar-refractivity contribution >= 4 is 23.7 Å². The number of nitrogens with two attached hydrogens (primary N) is 1. The topological polar surface area (TPSA) is 162 Å². The molecular formula is C20H28N4O6. The summed E-state index contributed by atoms with van der Waals surface area (Å²) in [5.41, 5.74) is 6.26. The SMILES string of the molecule is CC(N)C(=O)NC(Cc1ccc(O)cc1)C(=O)NC(C)C(=O)N1CCCC1C(=O)O. The molecular weight excluding hydrogens is 392 g/mol. The number of carbonyl (C=O) groups excluding carboxylic acids is 3. The molecule has 1 aromatic carbocycles. The molecule has 164 valence electrons. The lowest BCUT2D eigenvalue weighted by Gasteiger charge is -2.27. The van der Waals surface area contributed by atoms with Gasteiger partial charge >= 0.3 is 5.97 Å². The third kappa shape index (κ3) is 5.93. The van der Waals surface area contributed by atoms with Crippen LogP contribution in [-0.4, -0.2) is 69.5 Å². The molecule has 1 fully saturated rings. The number of hydrogen-bond donors (Lipinski definition) is 5. The average molecular weight is 420 g/mol.